The van der Waals surface area contributed by atoms with Gasteiger partial charge in [0.2, 0.25) is 0 Å². The SMILES string of the molecule is CCN(CC)CCCN(C(N)=O)c1ccc(Cc2ccc(N(CCCN(CC)CC)C(N)=O)cc2)cc1. The molecule has 2 aromatic carbocycles. The van der Waals surface area contributed by atoms with Gasteiger partial charge in [-0.1, -0.05) is 52.0 Å². The van der Waals surface area contributed by atoms with E-state index in [-0.39, 0.29) is 0 Å². The van der Waals surface area contributed by atoms with Crippen LogP contribution in [0.2, 0.25) is 0 Å². The molecule has 204 valence electrons. The molecular formula is C29H46N6O2. The van der Waals surface area contributed by atoms with Gasteiger partial charge in [-0.3, -0.25) is 9.80 Å². The highest BCUT2D eigenvalue weighted by atomic mass is 16.2. The highest BCUT2D eigenvalue weighted by Gasteiger charge is 2.14. The monoisotopic (exact) mass is 510 g/mol. The Balaban J connectivity index is 1.98. The van der Waals surface area contributed by atoms with Gasteiger partial charge >= 0.3 is 12.1 Å². The topological polar surface area (TPSA) is 99.1 Å². The smallest absolute Gasteiger partial charge is 0.319 e. The number of anilines is 2. The number of carbonyl (C=O) groups excluding carboxylic acids is 2. The zero-order valence-corrected chi connectivity index (χ0v) is 23.2. The van der Waals surface area contributed by atoms with Gasteiger partial charge in [0.25, 0.3) is 0 Å². The van der Waals surface area contributed by atoms with Crippen LogP contribution in [0, 0.1) is 0 Å². The lowest BCUT2D eigenvalue weighted by Crippen LogP contribution is -2.38. The van der Waals surface area contributed by atoms with Gasteiger partial charge in [0.1, 0.15) is 0 Å². The third-order valence-electron chi connectivity index (χ3n) is 6.94. The predicted octanol–water partition coefficient (Wildman–Crippen LogP) is 4.51. The molecule has 0 aliphatic heterocycles. The predicted molar refractivity (Wildman–Crippen MR) is 154 cm³/mol. The van der Waals surface area contributed by atoms with Crippen molar-refractivity contribution >= 4 is 23.4 Å². The second-order valence-corrected chi connectivity index (χ2v) is 9.25. The molecule has 0 saturated heterocycles. The lowest BCUT2D eigenvalue weighted by molar-refractivity contribution is 0.251. The third-order valence-corrected chi connectivity index (χ3v) is 6.94. The van der Waals surface area contributed by atoms with Gasteiger partial charge < -0.3 is 21.3 Å². The van der Waals surface area contributed by atoms with Crippen molar-refractivity contribution in [2.24, 2.45) is 11.5 Å². The third kappa shape index (κ3) is 9.70. The summed E-state index contributed by atoms with van der Waals surface area (Å²) in [5, 5.41) is 0. The molecular weight excluding hydrogens is 464 g/mol. The lowest BCUT2D eigenvalue weighted by atomic mass is 10.0. The largest absolute Gasteiger partial charge is 0.351 e. The molecule has 8 heteroatoms. The van der Waals surface area contributed by atoms with Gasteiger partial charge in [0.05, 0.1) is 0 Å². The van der Waals surface area contributed by atoms with Crippen LogP contribution in [0.4, 0.5) is 21.0 Å². The second kappa shape index (κ2) is 15.9. The van der Waals surface area contributed by atoms with Crippen molar-refractivity contribution in [1.29, 1.82) is 0 Å². The molecule has 0 aliphatic carbocycles. The quantitative estimate of drug-likeness (QED) is 0.347. The Bertz CT molecular complexity index is 862. The number of urea groups is 2. The van der Waals surface area contributed by atoms with Crippen molar-refractivity contribution in [1.82, 2.24) is 9.80 Å². The van der Waals surface area contributed by atoms with Crippen molar-refractivity contribution in [3.05, 3.63) is 59.7 Å². The van der Waals surface area contributed by atoms with Crippen LogP contribution in [0.1, 0.15) is 51.7 Å². The van der Waals surface area contributed by atoms with Crippen LogP contribution in [0.3, 0.4) is 0 Å². The molecule has 4 amide bonds. The molecule has 0 heterocycles. The number of benzene rings is 2. The van der Waals surface area contributed by atoms with Gasteiger partial charge in [0.15, 0.2) is 0 Å². The zero-order chi connectivity index (χ0) is 27.2. The van der Waals surface area contributed by atoms with Gasteiger partial charge in [-0.25, -0.2) is 9.59 Å². The molecule has 2 rings (SSSR count). The summed E-state index contributed by atoms with van der Waals surface area (Å²) in [5.74, 6) is 0. The number of nitrogens with two attached hydrogens (primary N) is 2. The Morgan fingerprint density at radius 1 is 0.568 bits per heavy atom. The molecule has 37 heavy (non-hydrogen) atoms. The molecule has 0 aliphatic rings. The fraction of sp³-hybridized carbons (Fsp3) is 0.517. The average Bonchev–Trinajstić information content (AvgIpc) is 2.90. The van der Waals surface area contributed by atoms with E-state index >= 15 is 0 Å². The summed E-state index contributed by atoms with van der Waals surface area (Å²) in [7, 11) is 0. The van der Waals surface area contributed by atoms with E-state index in [9.17, 15) is 9.59 Å². The van der Waals surface area contributed by atoms with Crippen LogP contribution in [0.15, 0.2) is 48.5 Å². The lowest BCUT2D eigenvalue weighted by Gasteiger charge is -2.24. The summed E-state index contributed by atoms with van der Waals surface area (Å²) in [5.41, 5.74) is 15.2. The van der Waals surface area contributed by atoms with E-state index in [4.69, 9.17) is 11.5 Å². The minimum Gasteiger partial charge on any atom is -0.351 e. The summed E-state index contributed by atoms with van der Waals surface area (Å²) in [4.78, 5) is 32.1. The van der Waals surface area contributed by atoms with E-state index in [0.717, 1.165) is 81.0 Å². The first-order valence-corrected chi connectivity index (χ1v) is 13.6. The Labute approximate surface area is 223 Å². The van der Waals surface area contributed by atoms with Crippen LogP contribution in [-0.4, -0.2) is 74.2 Å². The fourth-order valence-electron chi connectivity index (χ4n) is 4.54. The van der Waals surface area contributed by atoms with Gasteiger partial charge in [-0.05, 0) is 93.9 Å². The second-order valence-electron chi connectivity index (χ2n) is 9.25. The molecule has 0 atom stereocenters. The maximum Gasteiger partial charge on any atom is 0.319 e. The van der Waals surface area contributed by atoms with Crippen LogP contribution in [0.25, 0.3) is 0 Å². The van der Waals surface area contributed by atoms with E-state index in [2.05, 4.69) is 37.5 Å². The van der Waals surface area contributed by atoms with E-state index in [1.165, 1.54) is 0 Å². The summed E-state index contributed by atoms with van der Waals surface area (Å²) in [6.45, 7) is 15.6. The zero-order valence-electron chi connectivity index (χ0n) is 23.2. The Morgan fingerprint density at radius 3 is 1.16 bits per heavy atom. The van der Waals surface area contributed by atoms with E-state index in [0.29, 0.717) is 13.1 Å². The number of hydrogen-bond acceptors (Lipinski definition) is 4. The van der Waals surface area contributed by atoms with Crippen molar-refractivity contribution in [3.63, 3.8) is 0 Å². The van der Waals surface area contributed by atoms with Gasteiger partial charge in [-0.2, -0.15) is 0 Å². The summed E-state index contributed by atoms with van der Waals surface area (Å²) < 4.78 is 0. The number of hydrogen-bond donors (Lipinski definition) is 2. The Kier molecular flexibility index (Phi) is 12.9. The number of nitrogens with zero attached hydrogens (tertiary/aromatic N) is 4. The van der Waals surface area contributed by atoms with Crippen molar-refractivity contribution in [2.75, 3.05) is 62.2 Å². The van der Waals surface area contributed by atoms with Crippen LogP contribution < -0.4 is 21.3 Å². The highest BCUT2D eigenvalue weighted by molar-refractivity contribution is 5.91. The molecule has 4 N–H and O–H groups in total. The van der Waals surface area contributed by atoms with Crippen LogP contribution >= 0.6 is 0 Å². The Hall–Kier alpha value is -3.10. The molecule has 0 fully saturated rings. The normalized spacial score (nSPS) is 11.2. The number of carbonyl (C=O) groups is 2. The number of amides is 4. The number of primary amides is 2. The van der Waals surface area contributed by atoms with Crippen LogP contribution in [-0.2, 0) is 6.42 Å². The standard InChI is InChI=1S/C29H46N6O2/c1-5-32(6-2)19-9-21-34(28(30)36)26-15-11-24(12-16-26)23-25-13-17-27(18-14-25)35(29(31)37)22-10-20-33(7-3)8-4/h11-18H,5-10,19-23H2,1-4H3,(H2,30,36)(H2,31,37). The molecule has 0 unspecified atom stereocenters. The van der Waals surface area contributed by atoms with E-state index in [1.807, 2.05) is 48.5 Å². The highest BCUT2D eigenvalue weighted by Crippen LogP contribution is 2.20. The molecule has 0 bridgehead atoms. The van der Waals surface area contributed by atoms with E-state index < -0.39 is 12.1 Å². The molecule has 0 saturated carbocycles. The minimum atomic E-state index is -0.431. The van der Waals surface area contributed by atoms with Gasteiger partial charge in [-0.15, -0.1) is 0 Å². The van der Waals surface area contributed by atoms with Crippen molar-refractivity contribution in [2.45, 2.75) is 47.0 Å². The maximum absolute atomic E-state index is 12.1. The molecule has 0 radical (unpaired) electrons. The first-order valence-electron chi connectivity index (χ1n) is 13.6. The summed E-state index contributed by atoms with van der Waals surface area (Å²) in [6.07, 6.45) is 2.49. The maximum atomic E-state index is 12.1. The minimum absolute atomic E-state index is 0.431. The molecule has 0 spiro atoms. The first kappa shape index (κ1) is 30.1. The Morgan fingerprint density at radius 2 is 0.892 bits per heavy atom. The molecule has 0 aromatic heterocycles. The summed E-state index contributed by atoms with van der Waals surface area (Å²) >= 11 is 0. The molecule has 8 nitrogen and oxygen atoms in total. The van der Waals surface area contributed by atoms with Crippen molar-refractivity contribution in [3.8, 4) is 0 Å². The molecule has 2 aromatic rings. The van der Waals surface area contributed by atoms with Crippen LogP contribution in [0.5, 0.6) is 0 Å². The fourth-order valence-corrected chi connectivity index (χ4v) is 4.54. The van der Waals surface area contributed by atoms with Gasteiger partial charge in [0, 0.05) is 24.5 Å². The first-order chi connectivity index (χ1) is 17.8. The summed E-state index contributed by atoms with van der Waals surface area (Å²) in [6, 6.07) is 15.1. The number of rotatable bonds is 16. The average molecular weight is 511 g/mol. The van der Waals surface area contributed by atoms with Crippen molar-refractivity contribution < 1.29 is 9.59 Å². The van der Waals surface area contributed by atoms with E-state index in [1.54, 1.807) is 9.80 Å².